The summed E-state index contributed by atoms with van der Waals surface area (Å²) in [4.78, 5) is 0. The summed E-state index contributed by atoms with van der Waals surface area (Å²) in [6.07, 6.45) is 0.155. The molecule has 2 nitrogen and oxygen atoms in total. The minimum Gasteiger partial charge on any atom is -0.484 e. The van der Waals surface area contributed by atoms with Gasteiger partial charge in [0.2, 0.25) is 0 Å². The summed E-state index contributed by atoms with van der Waals surface area (Å²) < 4.78 is 20.0. The highest BCUT2D eigenvalue weighted by Gasteiger charge is 2.24. The Bertz CT molecular complexity index is 617. The molecule has 0 heterocycles. The highest BCUT2D eigenvalue weighted by molar-refractivity contribution is 6.30. The van der Waals surface area contributed by atoms with Gasteiger partial charge in [0.25, 0.3) is 0 Å². The molecule has 2 N–H and O–H groups in total. The van der Waals surface area contributed by atoms with E-state index in [2.05, 4.69) is 0 Å². The SMILES string of the molecule is CCC(N)C(Oc1ccc(Cl)cc1C)c1ccccc1F. The number of nitrogens with two attached hydrogens (primary N) is 1. The van der Waals surface area contributed by atoms with Gasteiger partial charge in [-0.1, -0.05) is 36.7 Å². The van der Waals surface area contributed by atoms with Gasteiger partial charge in [-0.25, -0.2) is 4.39 Å². The van der Waals surface area contributed by atoms with Gasteiger partial charge < -0.3 is 10.5 Å². The molecule has 0 amide bonds. The third-order valence-corrected chi connectivity index (χ3v) is 3.70. The van der Waals surface area contributed by atoms with Crippen LogP contribution in [0.4, 0.5) is 4.39 Å². The van der Waals surface area contributed by atoms with Crippen LogP contribution >= 0.6 is 11.6 Å². The standard InChI is InChI=1S/C17H19ClFNO/c1-3-15(20)17(13-6-4-5-7-14(13)19)21-16-9-8-12(18)10-11(16)2/h4-10,15,17H,3,20H2,1-2H3. The quantitative estimate of drug-likeness (QED) is 0.873. The number of hydrogen-bond acceptors (Lipinski definition) is 2. The smallest absolute Gasteiger partial charge is 0.142 e. The second kappa shape index (κ2) is 6.92. The zero-order valence-corrected chi connectivity index (χ0v) is 12.9. The van der Waals surface area contributed by atoms with Gasteiger partial charge in [-0.3, -0.25) is 0 Å². The Morgan fingerprint density at radius 3 is 2.57 bits per heavy atom. The highest BCUT2D eigenvalue weighted by atomic mass is 35.5. The predicted molar refractivity (Wildman–Crippen MR) is 84.2 cm³/mol. The third kappa shape index (κ3) is 3.74. The fourth-order valence-electron chi connectivity index (χ4n) is 2.18. The Morgan fingerprint density at radius 2 is 1.95 bits per heavy atom. The molecule has 2 aromatic rings. The van der Waals surface area contributed by atoms with Gasteiger partial charge in [-0.2, -0.15) is 0 Å². The first-order valence-corrected chi connectivity index (χ1v) is 7.33. The van der Waals surface area contributed by atoms with Crippen LogP contribution in [0.5, 0.6) is 5.75 Å². The van der Waals surface area contributed by atoms with Crippen LogP contribution in [0.15, 0.2) is 42.5 Å². The summed E-state index contributed by atoms with van der Waals surface area (Å²) in [6, 6.07) is 11.6. The van der Waals surface area contributed by atoms with E-state index in [0.717, 1.165) is 5.56 Å². The van der Waals surface area contributed by atoms with Crippen molar-refractivity contribution >= 4 is 11.6 Å². The molecule has 2 aromatic carbocycles. The van der Waals surface area contributed by atoms with E-state index in [9.17, 15) is 4.39 Å². The molecule has 0 aliphatic heterocycles. The molecule has 21 heavy (non-hydrogen) atoms. The summed E-state index contributed by atoms with van der Waals surface area (Å²) in [5.74, 6) is 0.356. The minimum absolute atomic E-state index is 0.294. The Hall–Kier alpha value is -1.58. The van der Waals surface area contributed by atoms with Gasteiger partial charge in [0.1, 0.15) is 17.7 Å². The minimum atomic E-state index is -0.531. The molecular weight excluding hydrogens is 289 g/mol. The lowest BCUT2D eigenvalue weighted by molar-refractivity contribution is 0.165. The van der Waals surface area contributed by atoms with Crippen LogP contribution in [0.1, 0.15) is 30.6 Å². The molecule has 0 fully saturated rings. The van der Waals surface area contributed by atoms with Crippen LogP contribution in [0.2, 0.25) is 5.02 Å². The Kier molecular flexibility index (Phi) is 5.21. The zero-order valence-electron chi connectivity index (χ0n) is 12.1. The normalized spacial score (nSPS) is 13.8. The number of rotatable bonds is 5. The summed E-state index contributed by atoms with van der Waals surface area (Å²) in [5, 5.41) is 0.641. The molecule has 0 spiro atoms. The Labute approximate surface area is 129 Å². The molecule has 4 heteroatoms. The van der Waals surface area contributed by atoms with Crippen molar-refractivity contribution in [3.8, 4) is 5.75 Å². The van der Waals surface area contributed by atoms with Crippen LogP contribution in [-0.4, -0.2) is 6.04 Å². The average Bonchev–Trinajstić information content (AvgIpc) is 2.47. The molecule has 0 saturated carbocycles. The van der Waals surface area contributed by atoms with E-state index in [1.165, 1.54) is 6.07 Å². The van der Waals surface area contributed by atoms with E-state index in [0.29, 0.717) is 22.8 Å². The Balaban J connectivity index is 2.35. The van der Waals surface area contributed by atoms with Crippen LogP contribution < -0.4 is 10.5 Å². The van der Waals surface area contributed by atoms with E-state index >= 15 is 0 Å². The van der Waals surface area contributed by atoms with Gasteiger partial charge >= 0.3 is 0 Å². The molecule has 0 aliphatic carbocycles. The number of benzene rings is 2. The first-order valence-electron chi connectivity index (χ1n) is 6.95. The number of hydrogen-bond donors (Lipinski definition) is 1. The van der Waals surface area contributed by atoms with Crippen LogP contribution in [0.3, 0.4) is 0 Å². The maximum atomic E-state index is 14.0. The molecule has 0 saturated heterocycles. The summed E-state index contributed by atoms with van der Waals surface area (Å²) in [6.45, 7) is 3.85. The van der Waals surface area contributed by atoms with Crippen LogP contribution in [-0.2, 0) is 0 Å². The molecule has 0 bridgehead atoms. The zero-order chi connectivity index (χ0) is 15.4. The topological polar surface area (TPSA) is 35.2 Å². The van der Waals surface area contributed by atoms with E-state index in [1.54, 1.807) is 30.3 Å². The number of ether oxygens (including phenoxy) is 1. The van der Waals surface area contributed by atoms with Crippen molar-refractivity contribution in [1.82, 2.24) is 0 Å². The van der Waals surface area contributed by atoms with E-state index in [-0.39, 0.29) is 11.9 Å². The second-order valence-corrected chi connectivity index (χ2v) is 5.48. The monoisotopic (exact) mass is 307 g/mol. The summed E-state index contributed by atoms with van der Waals surface area (Å²) in [5.41, 5.74) is 7.50. The first kappa shape index (κ1) is 15.8. The fourth-order valence-corrected chi connectivity index (χ4v) is 2.41. The second-order valence-electron chi connectivity index (χ2n) is 5.04. The highest BCUT2D eigenvalue weighted by Crippen LogP contribution is 2.30. The van der Waals surface area contributed by atoms with Gasteiger partial charge in [-0.15, -0.1) is 0 Å². The lowest BCUT2D eigenvalue weighted by Crippen LogP contribution is -2.32. The molecule has 0 aromatic heterocycles. The van der Waals surface area contributed by atoms with Gasteiger partial charge in [-0.05, 0) is 43.2 Å². The van der Waals surface area contributed by atoms with Crippen molar-refractivity contribution in [2.24, 2.45) is 5.73 Å². The molecule has 0 radical (unpaired) electrons. The fraction of sp³-hybridized carbons (Fsp3) is 0.294. The van der Waals surface area contributed by atoms with Crippen molar-refractivity contribution < 1.29 is 9.13 Å². The van der Waals surface area contributed by atoms with Crippen molar-refractivity contribution in [3.05, 3.63) is 64.4 Å². The molecule has 2 unspecified atom stereocenters. The van der Waals surface area contributed by atoms with Crippen molar-refractivity contribution in [2.75, 3.05) is 0 Å². The van der Waals surface area contributed by atoms with Crippen LogP contribution in [0, 0.1) is 12.7 Å². The third-order valence-electron chi connectivity index (χ3n) is 3.46. The van der Waals surface area contributed by atoms with Gasteiger partial charge in [0, 0.05) is 16.6 Å². The largest absolute Gasteiger partial charge is 0.484 e. The number of aryl methyl sites for hydroxylation is 1. The van der Waals surface area contributed by atoms with Gasteiger partial charge in [0.05, 0.1) is 0 Å². The van der Waals surface area contributed by atoms with E-state index in [1.807, 2.05) is 19.9 Å². The van der Waals surface area contributed by atoms with E-state index in [4.69, 9.17) is 22.1 Å². The predicted octanol–water partition coefficient (Wildman–Crippen LogP) is 4.64. The molecule has 2 rings (SSSR count). The maximum absolute atomic E-state index is 14.0. The molecular formula is C17H19ClFNO. The lowest BCUT2D eigenvalue weighted by Gasteiger charge is -2.26. The van der Waals surface area contributed by atoms with Crippen molar-refractivity contribution in [3.63, 3.8) is 0 Å². The summed E-state index contributed by atoms with van der Waals surface area (Å²) in [7, 11) is 0. The Morgan fingerprint density at radius 1 is 1.24 bits per heavy atom. The molecule has 2 atom stereocenters. The average molecular weight is 308 g/mol. The molecule has 0 aliphatic rings. The van der Waals surface area contributed by atoms with Crippen LogP contribution in [0.25, 0.3) is 0 Å². The maximum Gasteiger partial charge on any atom is 0.142 e. The summed E-state index contributed by atoms with van der Waals surface area (Å²) >= 11 is 5.95. The molecule has 112 valence electrons. The van der Waals surface area contributed by atoms with Gasteiger partial charge in [0.15, 0.2) is 0 Å². The number of halogens is 2. The van der Waals surface area contributed by atoms with E-state index < -0.39 is 6.10 Å². The van der Waals surface area contributed by atoms with Crippen molar-refractivity contribution in [2.45, 2.75) is 32.4 Å². The lowest BCUT2D eigenvalue weighted by atomic mass is 10.00. The first-order chi connectivity index (χ1) is 10.0. The van der Waals surface area contributed by atoms with Crippen molar-refractivity contribution in [1.29, 1.82) is 0 Å².